The molecule has 0 radical (unpaired) electrons. The van der Waals surface area contributed by atoms with Crippen molar-refractivity contribution in [2.75, 3.05) is 13.1 Å². The summed E-state index contributed by atoms with van der Waals surface area (Å²) in [5, 5.41) is 14.1. The van der Waals surface area contributed by atoms with E-state index in [1.807, 2.05) is 19.3 Å². The Kier molecular flexibility index (Phi) is 4.40. The van der Waals surface area contributed by atoms with Crippen molar-refractivity contribution < 1.29 is 5.11 Å². The molecule has 1 saturated heterocycles. The van der Waals surface area contributed by atoms with Gasteiger partial charge in [-0.15, -0.1) is 0 Å². The van der Waals surface area contributed by atoms with Crippen molar-refractivity contribution in [3.63, 3.8) is 0 Å². The fourth-order valence-corrected chi connectivity index (χ4v) is 2.80. The minimum atomic E-state index is -0.662. The van der Waals surface area contributed by atoms with Gasteiger partial charge in [0, 0.05) is 37.8 Å². The molecule has 2 N–H and O–H groups in total. The van der Waals surface area contributed by atoms with Crippen molar-refractivity contribution in [1.82, 2.24) is 14.9 Å². The van der Waals surface area contributed by atoms with Gasteiger partial charge in [-0.3, -0.25) is 0 Å². The molecule has 1 fully saturated rings. The number of nitrogens with zero attached hydrogens (tertiary/aromatic N) is 2. The molecular weight excluding hydrogens is 226 g/mol. The number of imidazole rings is 1. The van der Waals surface area contributed by atoms with Crippen molar-refractivity contribution in [2.24, 2.45) is 5.92 Å². The van der Waals surface area contributed by atoms with Crippen LogP contribution in [0.2, 0.25) is 0 Å². The summed E-state index contributed by atoms with van der Waals surface area (Å²) in [4.78, 5) is 4.40. The molecule has 2 heterocycles. The zero-order valence-electron chi connectivity index (χ0n) is 11.5. The molecule has 4 heteroatoms. The fourth-order valence-electron chi connectivity index (χ4n) is 2.80. The first kappa shape index (κ1) is 13.6. The van der Waals surface area contributed by atoms with Crippen LogP contribution >= 0.6 is 0 Å². The highest BCUT2D eigenvalue weighted by molar-refractivity contribution is 5.00. The topological polar surface area (TPSA) is 50.1 Å². The maximum absolute atomic E-state index is 10.7. The van der Waals surface area contributed by atoms with E-state index in [9.17, 15) is 5.11 Å². The lowest BCUT2D eigenvalue weighted by Gasteiger charge is -2.35. The van der Waals surface area contributed by atoms with Crippen LogP contribution < -0.4 is 5.32 Å². The maximum Gasteiger partial charge on any atom is 0.111 e. The molecule has 2 rings (SSSR count). The van der Waals surface area contributed by atoms with Crippen molar-refractivity contribution in [1.29, 1.82) is 0 Å². The highest BCUT2D eigenvalue weighted by Gasteiger charge is 2.34. The number of nitrogens with one attached hydrogen (secondary N) is 1. The summed E-state index contributed by atoms with van der Waals surface area (Å²) in [6.45, 7) is 7.09. The van der Waals surface area contributed by atoms with Crippen LogP contribution in [-0.4, -0.2) is 33.3 Å². The quantitative estimate of drug-likeness (QED) is 0.835. The highest BCUT2D eigenvalue weighted by Crippen LogP contribution is 2.27. The van der Waals surface area contributed by atoms with Crippen LogP contribution in [0.3, 0.4) is 0 Å². The number of aromatic nitrogens is 2. The van der Waals surface area contributed by atoms with E-state index in [1.54, 1.807) is 0 Å². The molecule has 0 aliphatic carbocycles. The summed E-state index contributed by atoms with van der Waals surface area (Å²) in [5.41, 5.74) is -0.662. The van der Waals surface area contributed by atoms with Gasteiger partial charge in [0.1, 0.15) is 5.82 Å². The molecule has 0 spiro atoms. The molecular formula is C14H25N3O. The number of hydrogen-bond donors (Lipinski definition) is 2. The van der Waals surface area contributed by atoms with Crippen LogP contribution in [0.5, 0.6) is 0 Å². The third-order valence-electron chi connectivity index (χ3n) is 3.96. The standard InChI is InChI=1S/C14H25N3O/c1-3-8-17-9-7-16-13(17)10-14(2,18)12-5-4-6-15-11-12/h7,9,12,15,18H,3-6,8,10-11H2,1-2H3. The van der Waals surface area contributed by atoms with E-state index in [2.05, 4.69) is 21.8 Å². The zero-order valence-corrected chi connectivity index (χ0v) is 11.5. The first-order valence-electron chi connectivity index (χ1n) is 7.06. The Bertz CT molecular complexity index is 367. The average Bonchev–Trinajstić information content (AvgIpc) is 2.78. The first-order chi connectivity index (χ1) is 8.63. The Hall–Kier alpha value is -0.870. The third kappa shape index (κ3) is 3.12. The van der Waals surface area contributed by atoms with E-state index in [1.165, 1.54) is 0 Å². The number of aliphatic hydroxyl groups is 1. The molecule has 1 aliphatic heterocycles. The summed E-state index contributed by atoms with van der Waals surface area (Å²) >= 11 is 0. The molecule has 0 amide bonds. The SMILES string of the molecule is CCCn1ccnc1CC(C)(O)C1CCCNC1. The van der Waals surface area contributed by atoms with Gasteiger partial charge in [-0.05, 0) is 32.7 Å². The molecule has 2 unspecified atom stereocenters. The Morgan fingerprint density at radius 2 is 2.44 bits per heavy atom. The predicted octanol–water partition coefficient (Wildman–Crippen LogP) is 1.59. The van der Waals surface area contributed by atoms with E-state index in [-0.39, 0.29) is 0 Å². The first-order valence-corrected chi connectivity index (χ1v) is 7.06. The van der Waals surface area contributed by atoms with Crippen LogP contribution in [0.25, 0.3) is 0 Å². The zero-order chi connectivity index (χ0) is 13.0. The Balaban J connectivity index is 2.03. The number of rotatable bonds is 5. The van der Waals surface area contributed by atoms with Crippen molar-refractivity contribution in [2.45, 2.75) is 51.7 Å². The van der Waals surface area contributed by atoms with Crippen LogP contribution in [0.15, 0.2) is 12.4 Å². The lowest BCUT2D eigenvalue weighted by Crippen LogP contribution is -2.46. The van der Waals surface area contributed by atoms with E-state index in [0.717, 1.165) is 44.7 Å². The van der Waals surface area contributed by atoms with Crippen molar-refractivity contribution in [3.05, 3.63) is 18.2 Å². The molecule has 1 aromatic heterocycles. The Morgan fingerprint density at radius 3 is 3.11 bits per heavy atom. The fraction of sp³-hybridized carbons (Fsp3) is 0.786. The minimum Gasteiger partial charge on any atom is -0.389 e. The van der Waals surface area contributed by atoms with Gasteiger partial charge in [0.25, 0.3) is 0 Å². The predicted molar refractivity (Wildman–Crippen MR) is 72.4 cm³/mol. The van der Waals surface area contributed by atoms with Gasteiger partial charge in [-0.25, -0.2) is 4.98 Å². The maximum atomic E-state index is 10.7. The molecule has 4 nitrogen and oxygen atoms in total. The molecule has 18 heavy (non-hydrogen) atoms. The molecule has 102 valence electrons. The smallest absolute Gasteiger partial charge is 0.111 e. The van der Waals surface area contributed by atoms with Crippen LogP contribution in [0.1, 0.15) is 38.9 Å². The second-order valence-corrected chi connectivity index (χ2v) is 5.61. The summed E-state index contributed by atoms with van der Waals surface area (Å²) in [6.07, 6.45) is 7.84. The molecule has 0 saturated carbocycles. The number of piperidine rings is 1. The second-order valence-electron chi connectivity index (χ2n) is 5.61. The van der Waals surface area contributed by atoms with Crippen LogP contribution in [0, 0.1) is 5.92 Å². The van der Waals surface area contributed by atoms with Gasteiger partial charge in [0.15, 0.2) is 0 Å². The number of aryl methyl sites for hydroxylation is 1. The van der Waals surface area contributed by atoms with Crippen LogP contribution in [0.4, 0.5) is 0 Å². The van der Waals surface area contributed by atoms with E-state index < -0.39 is 5.60 Å². The van der Waals surface area contributed by atoms with E-state index in [4.69, 9.17) is 0 Å². The lowest BCUT2D eigenvalue weighted by atomic mass is 9.81. The molecule has 1 aromatic rings. The second kappa shape index (κ2) is 5.85. The normalized spacial score (nSPS) is 23.8. The van der Waals surface area contributed by atoms with Gasteiger partial charge in [0.05, 0.1) is 5.60 Å². The van der Waals surface area contributed by atoms with Crippen molar-refractivity contribution in [3.8, 4) is 0 Å². The lowest BCUT2D eigenvalue weighted by molar-refractivity contribution is -0.0124. The minimum absolute atomic E-state index is 0.332. The van der Waals surface area contributed by atoms with Gasteiger partial charge < -0.3 is 15.0 Å². The molecule has 2 atom stereocenters. The van der Waals surface area contributed by atoms with Gasteiger partial charge >= 0.3 is 0 Å². The van der Waals surface area contributed by atoms with Gasteiger partial charge in [-0.1, -0.05) is 6.92 Å². The summed E-state index contributed by atoms with van der Waals surface area (Å²) in [5.74, 6) is 1.34. The third-order valence-corrected chi connectivity index (χ3v) is 3.96. The molecule has 0 bridgehead atoms. The Labute approximate surface area is 109 Å². The van der Waals surface area contributed by atoms with Crippen molar-refractivity contribution >= 4 is 0 Å². The highest BCUT2D eigenvalue weighted by atomic mass is 16.3. The van der Waals surface area contributed by atoms with Gasteiger partial charge in [0.2, 0.25) is 0 Å². The summed E-state index contributed by atoms with van der Waals surface area (Å²) in [6, 6.07) is 0. The van der Waals surface area contributed by atoms with E-state index in [0.29, 0.717) is 12.3 Å². The monoisotopic (exact) mass is 251 g/mol. The molecule has 1 aliphatic rings. The molecule has 0 aromatic carbocycles. The van der Waals surface area contributed by atoms with Crippen LogP contribution in [-0.2, 0) is 13.0 Å². The van der Waals surface area contributed by atoms with Gasteiger partial charge in [-0.2, -0.15) is 0 Å². The largest absolute Gasteiger partial charge is 0.389 e. The Morgan fingerprint density at radius 1 is 1.61 bits per heavy atom. The van der Waals surface area contributed by atoms with E-state index >= 15 is 0 Å². The number of hydrogen-bond acceptors (Lipinski definition) is 3. The summed E-state index contributed by atoms with van der Waals surface area (Å²) < 4.78 is 2.16. The average molecular weight is 251 g/mol. The summed E-state index contributed by atoms with van der Waals surface area (Å²) in [7, 11) is 0.